The molecule has 3 heteroatoms. The van der Waals surface area contributed by atoms with Crippen molar-refractivity contribution in [2.45, 2.75) is 38.4 Å². The molecule has 0 spiro atoms. The lowest BCUT2D eigenvalue weighted by Gasteiger charge is -2.12. The summed E-state index contributed by atoms with van der Waals surface area (Å²) in [7, 11) is 1.70. The topological polar surface area (TPSA) is 26.3 Å². The Morgan fingerprint density at radius 1 is 1.50 bits per heavy atom. The average Bonchev–Trinajstić information content (AvgIpc) is 2.00. The van der Waals surface area contributed by atoms with Crippen LogP contribution in [0.4, 0.5) is 0 Å². The van der Waals surface area contributed by atoms with E-state index < -0.39 is 0 Å². The van der Waals surface area contributed by atoms with E-state index in [9.17, 15) is 4.79 Å². The monoisotopic (exact) mass is 190 g/mol. The summed E-state index contributed by atoms with van der Waals surface area (Å²) in [5, 5.41) is 0.664. The van der Waals surface area contributed by atoms with Crippen LogP contribution in [0, 0.1) is 0 Å². The van der Waals surface area contributed by atoms with Gasteiger partial charge >= 0.3 is 0 Å². The Morgan fingerprint density at radius 3 is 2.58 bits per heavy atom. The maximum atomic E-state index is 10.8. The summed E-state index contributed by atoms with van der Waals surface area (Å²) in [6.45, 7) is 4.52. The molecule has 0 radical (unpaired) electrons. The van der Waals surface area contributed by atoms with Crippen LogP contribution in [0.2, 0.25) is 0 Å². The molecule has 0 heterocycles. The molecule has 2 nitrogen and oxygen atoms in total. The SMILES string of the molecule is CCC[C@H](CCOC)SC(C)=O. The number of carbonyl (C=O) groups is 1. The molecule has 0 aliphatic rings. The van der Waals surface area contributed by atoms with Crippen molar-refractivity contribution in [1.82, 2.24) is 0 Å². The highest BCUT2D eigenvalue weighted by molar-refractivity contribution is 8.14. The quantitative estimate of drug-likeness (QED) is 0.643. The summed E-state index contributed by atoms with van der Waals surface area (Å²) in [5.74, 6) is 0. The Morgan fingerprint density at radius 2 is 2.17 bits per heavy atom. The van der Waals surface area contributed by atoms with Gasteiger partial charge in [0.05, 0.1) is 0 Å². The summed E-state index contributed by atoms with van der Waals surface area (Å²) >= 11 is 1.45. The van der Waals surface area contributed by atoms with Gasteiger partial charge in [-0.1, -0.05) is 25.1 Å². The van der Waals surface area contributed by atoms with E-state index >= 15 is 0 Å². The first-order valence-electron chi connectivity index (χ1n) is 4.36. The minimum Gasteiger partial charge on any atom is -0.385 e. The van der Waals surface area contributed by atoms with Crippen LogP contribution in [0.15, 0.2) is 0 Å². The van der Waals surface area contributed by atoms with E-state index in [-0.39, 0.29) is 5.12 Å². The van der Waals surface area contributed by atoms with Crippen molar-refractivity contribution < 1.29 is 9.53 Å². The molecule has 0 amide bonds. The highest BCUT2D eigenvalue weighted by Crippen LogP contribution is 2.20. The fraction of sp³-hybridized carbons (Fsp3) is 0.889. The molecule has 0 fully saturated rings. The third kappa shape index (κ3) is 6.68. The molecule has 0 unspecified atom stereocenters. The number of rotatable bonds is 6. The van der Waals surface area contributed by atoms with E-state index in [1.54, 1.807) is 14.0 Å². The first-order valence-corrected chi connectivity index (χ1v) is 5.24. The van der Waals surface area contributed by atoms with Crippen LogP contribution in [-0.4, -0.2) is 24.1 Å². The van der Waals surface area contributed by atoms with E-state index in [0.29, 0.717) is 5.25 Å². The number of carbonyl (C=O) groups excluding carboxylic acids is 1. The van der Waals surface area contributed by atoms with Gasteiger partial charge in [-0.05, 0) is 12.8 Å². The highest BCUT2D eigenvalue weighted by atomic mass is 32.2. The van der Waals surface area contributed by atoms with Gasteiger partial charge in [0.15, 0.2) is 5.12 Å². The normalized spacial score (nSPS) is 12.9. The standard InChI is InChI=1S/C9H18O2S/c1-4-5-9(6-7-11-3)12-8(2)10/h9H,4-7H2,1-3H3/t9-/m1/s1. The molecule has 1 atom stereocenters. The lowest BCUT2D eigenvalue weighted by molar-refractivity contribution is -0.109. The predicted molar refractivity (Wildman–Crippen MR) is 53.5 cm³/mol. The summed E-state index contributed by atoms with van der Waals surface area (Å²) < 4.78 is 4.98. The molecule has 0 saturated heterocycles. The Bertz CT molecular complexity index is 126. The van der Waals surface area contributed by atoms with Crippen LogP contribution in [0.25, 0.3) is 0 Å². The van der Waals surface area contributed by atoms with Crippen LogP contribution in [0.3, 0.4) is 0 Å². The van der Waals surface area contributed by atoms with Gasteiger partial charge in [0.25, 0.3) is 0 Å². The van der Waals surface area contributed by atoms with E-state index in [0.717, 1.165) is 25.9 Å². The van der Waals surface area contributed by atoms with Crippen LogP contribution in [0.5, 0.6) is 0 Å². The van der Waals surface area contributed by atoms with Crippen molar-refractivity contribution in [2.75, 3.05) is 13.7 Å². The molecule has 0 saturated carbocycles. The third-order valence-corrected chi connectivity index (χ3v) is 2.72. The molecule has 0 N–H and O–H groups in total. The fourth-order valence-electron chi connectivity index (χ4n) is 1.07. The smallest absolute Gasteiger partial charge is 0.186 e. The predicted octanol–water partition coefficient (Wildman–Crippen LogP) is 2.47. The fourth-order valence-corrected chi connectivity index (χ4v) is 2.11. The second-order valence-electron chi connectivity index (χ2n) is 2.80. The van der Waals surface area contributed by atoms with E-state index in [2.05, 4.69) is 6.92 Å². The molecule has 72 valence electrons. The molecular weight excluding hydrogens is 172 g/mol. The van der Waals surface area contributed by atoms with Crippen molar-refractivity contribution in [1.29, 1.82) is 0 Å². The first-order chi connectivity index (χ1) is 5.70. The van der Waals surface area contributed by atoms with Crippen molar-refractivity contribution >= 4 is 16.9 Å². The van der Waals surface area contributed by atoms with Crippen LogP contribution < -0.4 is 0 Å². The highest BCUT2D eigenvalue weighted by Gasteiger charge is 2.10. The summed E-state index contributed by atoms with van der Waals surface area (Å²) in [6, 6.07) is 0. The first kappa shape index (κ1) is 12.0. The number of hydrogen-bond donors (Lipinski definition) is 0. The van der Waals surface area contributed by atoms with Crippen LogP contribution in [-0.2, 0) is 9.53 Å². The molecule has 0 aromatic rings. The zero-order valence-electron chi connectivity index (χ0n) is 8.13. The van der Waals surface area contributed by atoms with Gasteiger partial charge in [-0.25, -0.2) is 0 Å². The summed E-state index contributed by atoms with van der Waals surface area (Å²) in [5.41, 5.74) is 0. The van der Waals surface area contributed by atoms with E-state index in [1.807, 2.05) is 0 Å². The van der Waals surface area contributed by atoms with Gasteiger partial charge in [-0.3, -0.25) is 4.79 Å². The van der Waals surface area contributed by atoms with Gasteiger partial charge in [0.2, 0.25) is 0 Å². The molecule has 0 aliphatic heterocycles. The van der Waals surface area contributed by atoms with Gasteiger partial charge < -0.3 is 4.74 Å². The molecule has 0 bridgehead atoms. The molecular formula is C9H18O2S. The number of hydrogen-bond acceptors (Lipinski definition) is 3. The van der Waals surface area contributed by atoms with Gasteiger partial charge in [0, 0.05) is 25.9 Å². The Balaban J connectivity index is 3.61. The van der Waals surface area contributed by atoms with Crippen molar-refractivity contribution in [3.63, 3.8) is 0 Å². The average molecular weight is 190 g/mol. The lowest BCUT2D eigenvalue weighted by Crippen LogP contribution is -2.08. The lowest BCUT2D eigenvalue weighted by atomic mass is 10.2. The van der Waals surface area contributed by atoms with Crippen molar-refractivity contribution in [3.05, 3.63) is 0 Å². The summed E-state index contributed by atoms with van der Waals surface area (Å²) in [6.07, 6.45) is 3.22. The Hall–Kier alpha value is -0.0200. The van der Waals surface area contributed by atoms with Gasteiger partial charge in [0.1, 0.15) is 0 Å². The maximum Gasteiger partial charge on any atom is 0.186 e. The van der Waals surface area contributed by atoms with Crippen LogP contribution >= 0.6 is 11.8 Å². The second-order valence-corrected chi connectivity index (χ2v) is 4.28. The zero-order valence-corrected chi connectivity index (χ0v) is 8.95. The Kier molecular flexibility index (Phi) is 7.61. The number of ether oxygens (including phenoxy) is 1. The van der Waals surface area contributed by atoms with Crippen LogP contribution in [0.1, 0.15) is 33.1 Å². The second kappa shape index (κ2) is 7.62. The van der Waals surface area contributed by atoms with Crippen molar-refractivity contribution in [2.24, 2.45) is 0 Å². The van der Waals surface area contributed by atoms with Gasteiger partial charge in [-0.2, -0.15) is 0 Å². The number of methoxy groups -OCH3 is 1. The Labute approximate surface area is 79.1 Å². The molecule has 0 aliphatic carbocycles. The minimum atomic E-state index is 0.213. The molecule has 0 rings (SSSR count). The number of thioether (sulfide) groups is 1. The maximum absolute atomic E-state index is 10.8. The molecule has 12 heavy (non-hydrogen) atoms. The largest absolute Gasteiger partial charge is 0.385 e. The third-order valence-electron chi connectivity index (χ3n) is 1.59. The van der Waals surface area contributed by atoms with Gasteiger partial charge in [-0.15, -0.1) is 0 Å². The van der Waals surface area contributed by atoms with E-state index in [1.165, 1.54) is 11.8 Å². The van der Waals surface area contributed by atoms with E-state index in [4.69, 9.17) is 4.74 Å². The summed E-state index contributed by atoms with van der Waals surface area (Å²) in [4.78, 5) is 10.8. The molecule has 0 aromatic carbocycles. The molecule has 0 aromatic heterocycles. The van der Waals surface area contributed by atoms with Crippen molar-refractivity contribution in [3.8, 4) is 0 Å². The zero-order chi connectivity index (χ0) is 9.40. The minimum absolute atomic E-state index is 0.213.